The molecule has 1 aromatic carbocycles. The van der Waals surface area contributed by atoms with E-state index in [1.807, 2.05) is 0 Å². The highest BCUT2D eigenvalue weighted by Crippen LogP contribution is 2.27. The third kappa shape index (κ3) is 4.65. The summed E-state index contributed by atoms with van der Waals surface area (Å²) in [7, 11) is 0. The van der Waals surface area contributed by atoms with E-state index in [-0.39, 0.29) is 5.41 Å². The van der Waals surface area contributed by atoms with E-state index in [1.165, 1.54) is 49.8 Å². The molecule has 0 bridgehead atoms. The van der Waals surface area contributed by atoms with Crippen molar-refractivity contribution in [3.8, 4) is 0 Å². The molecule has 0 aliphatic heterocycles. The van der Waals surface area contributed by atoms with Crippen molar-refractivity contribution < 1.29 is 0 Å². The minimum atomic E-state index is 0.258. The molecule has 1 aliphatic carbocycles. The Morgan fingerprint density at radius 1 is 1.05 bits per heavy atom. The highest BCUT2D eigenvalue weighted by atomic mass is 14.8. The van der Waals surface area contributed by atoms with E-state index in [0.29, 0.717) is 0 Å². The Morgan fingerprint density at radius 2 is 1.68 bits per heavy atom. The SMILES string of the molecule is CC(C)(C)c1ccc(CNCCC2CCCC2)cc1. The first-order valence-electron chi connectivity index (χ1n) is 7.86. The second-order valence-corrected chi connectivity index (χ2v) is 7.06. The third-order valence-electron chi connectivity index (χ3n) is 4.35. The molecular weight excluding hydrogens is 230 g/mol. The summed E-state index contributed by atoms with van der Waals surface area (Å²) in [6, 6.07) is 9.08. The van der Waals surface area contributed by atoms with Crippen molar-refractivity contribution in [2.45, 2.75) is 64.8 Å². The maximum absolute atomic E-state index is 3.59. The molecule has 0 atom stereocenters. The predicted octanol–water partition coefficient (Wildman–Crippen LogP) is 4.65. The average Bonchev–Trinajstić information content (AvgIpc) is 2.87. The Hall–Kier alpha value is -0.820. The van der Waals surface area contributed by atoms with Gasteiger partial charge in [-0.25, -0.2) is 0 Å². The lowest BCUT2D eigenvalue weighted by molar-refractivity contribution is 0.477. The Balaban J connectivity index is 1.71. The molecular formula is C18H29N. The molecule has 1 aliphatic rings. The maximum Gasteiger partial charge on any atom is 0.0205 e. The molecule has 0 saturated heterocycles. The summed E-state index contributed by atoms with van der Waals surface area (Å²) in [4.78, 5) is 0. The van der Waals surface area contributed by atoms with Gasteiger partial charge in [-0.15, -0.1) is 0 Å². The largest absolute Gasteiger partial charge is 0.313 e. The molecule has 0 amide bonds. The first-order valence-corrected chi connectivity index (χ1v) is 7.86. The molecule has 0 radical (unpaired) electrons. The van der Waals surface area contributed by atoms with Crippen LogP contribution in [0.3, 0.4) is 0 Å². The summed E-state index contributed by atoms with van der Waals surface area (Å²) < 4.78 is 0. The summed E-state index contributed by atoms with van der Waals surface area (Å²) in [5.41, 5.74) is 3.08. The molecule has 1 heteroatoms. The van der Waals surface area contributed by atoms with Crippen molar-refractivity contribution >= 4 is 0 Å². The first-order chi connectivity index (χ1) is 9.05. The van der Waals surface area contributed by atoms with Crippen molar-refractivity contribution in [2.24, 2.45) is 5.92 Å². The van der Waals surface area contributed by atoms with Gasteiger partial charge in [0.1, 0.15) is 0 Å². The highest BCUT2D eigenvalue weighted by Gasteiger charge is 2.14. The van der Waals surface area contributed by atoms with Gasteiger partial charge in [-0.05, 0) is 35.4 Å². The lowest BCUT2D eigenvalue weighted by Gasteiger charge is -2.19. The quantitative estimate of drug-likeness (QED) is 0.759. The molecule has 1 nitrogen and oxygen atoms in total. The first kappa shape index (κ1) is 14.6. The Bertz CT molecular complexity index is 366. The van der Waals surface area contributed by atoms with E-state index in [0.717, 1.165) is 12.5 Å². The summed E-state index contributed by atoms with van der Waals surface area (Å²) in [5, 5.41) is 3.59. The van der Waals surface area contributed by atoms with Gasteiger partial charge < -0.3 is 5.32 Å². The Labute approximate surface area is 118 Å². The molecule has 19 heavy (non-hydrogen) atoms. The van der Waals surface area contributed by atoms with Crippen molar-refractivity contribution in [1.82, 2.24) is 5.32 Å². The van der Waals surface area contributed by atoms with Gasteiger partial charge in [0.05, 0.1) is 0 Å². The normalized spacial score (nSPS) is 17.0. The van der Waals surface area contributed by atoms with Crippen LogP contribution in [0, 0.1) is 5.92 Å². The van der Waals surface area contributed by atoms with Gasteiger partial charge in [0.25, 0.3) is 0 Å². The molecule has 2 rings (SSSR count). The van der Waals surface area contributed by atoms with Crippen LogP contribution in [-0.2, 0) is 12.0 Å². The minimum Gasteiger partial charge on any atom is -0.313 e. The number of rotatable bonds is 5. The number of hydrogen-bond donors (Lipinski definition) is 1. The summed E-state index contributed by atoms with van der Waals surface area (Å²) in [6.45, 7) is 8.98. The summed E-state index contributed by atoms with van der Waals surface area (Å²) in [5.74, 6) is 0.996. The smallest absolute Gasteiger partial charge is 0.0205 e. The molecule has 0 spiro atoms. The van der Waals surface area contributed by atoms with Crippen molar-refractivity contribution in [3.05, 3.63) is 35.4 Å². The Morgan fingerprint density at radius 3 is 2.26 bits per heavy atom. The van der Waals surface area contributed by atoms with Gasteiger partial charge in [-0.2, -0.15) is 0 Å². The predicted molar refractivity (Wildman–Crippen MR) is 83.4 cm³/mol. The van der Waals surface area contributed by atoms with Crippen LogP contribution < -0.4 is 5.32 Å². The van der Waals surface area contributed by atoms with Crippen LogP contribution in [0.1, 0.15) is 64.0 Å². The fourth-order valence-corrected chi connectivity index (χ4v) is 2.96. The van der Waals surface area contributed by atoms with Crippen molar-refractivity contribution in [3.63, 3.8) is 0 Å². The van der Waals surface area contributed by atoms with E-state index in [4.69, 9.17) is 0 Å². The minimum absolute atomic E-state index is 0.258. The monoisotopic (exact) mass is 259 g/mol. The van der Waals surface area contributed by atoms with Gasteiger partial charge >= 0.3 is 0 Å². The van der Waals surface area contributed by atoms with E-state index in [2.05, 4.69) is 50.4 Å². The zero-order valence-electron chi connectivity index (χ0n) is 12.8. The fourth-order valence-electron chi connectivity index (χ4n) is 2.96. The van der Waals surface area contributed by atoms with Gasteiger partial charge in [-0.3, -0.25) is 0 Å². The van der Waals surface area contributed by atoms with Gasteiger partial charge in [0, 0.05) is 6.54 Å². The average molecular weight is 259 g/mol. The van der Waals surface area contributed by atoms with Crippen LogP contribution in [0.5, 0.6) is 0 Å². The number of benzene rings is 1. The van der Waals surface area contributed by atoms with E-state index in [9.17, 15) is 0 Å². The highest BCUT2D eigenvalue weighted by molar-refractivity contribution is 5.27. The Kier molecular flexibility index (Phi) is 5.04. The van der Waals surface area contributed by atoms with E-state index >= 15 is 0 Å². The van der Waals surface area contributed by atoms with Crippen LogP contribution in [0.4, 0.5) is 0 Å². The maximum atomic E-state index is 3.59. The standard InChI is InChI=1S/C18H29N/c1-18(2,3)17-10-8-16(9-11-17)14-19-13-12-15-6-4-5-7-15/h8-11,15,19H,4-7,12-14H2,1-3H3. The second-order valence-electron chi connectivity index (χ2n) is 7.06. The second kappa shape index (κ2) is 6.56. The zero-order valence-corrected chi connectivity index (χ0v) is 12.8. The fraction of sp³-hybridized carbons (Fsp3) is 0.667. The van der Waals surface area contributed by atoms with Gasteiger partial charge in [-0.1, -0.05) is 70.7 Å². The van der Waals surface area contributed by atoms with Gasteiger partial charge in [0.2, 0.25) is 0 Å². The lowest BCUT2D eigenvalue weighted by atomic mass is 9.87. The molecule has 1 fully saturated rings. The van der Waals surface area contributed by atoms with Crippen molar-refractivity contribution in [1.29, 1.82) is 0 Å². The van der Waals surface area contributed by atoms with E-state index in [1.54, 1.807) is 0 Å². The van der Waals surface area contributed by atoms with E-state index < -0.39 is 0 Å². The molecule has 106 valence electrons. The molecule has 1 N–H and O–H groups in total. The van der Waals surface area contributed by atoms with Crippen molar-refractivity contribution in [2.75, 3.05) is 6.54 Å². The molecule has 0 aromatic heterocycles. The molecule has 1 saturated carbocycles. The van der Waals surface area contributed by atoms with Gasteiger partial charge in [0.15, 0.2) is 0 Å². The number of nitrogens with one attached hydrogen (secondary N) is 1. The number of hydrogen-bond acceptors (Lipinski definition) is 1. The molecule has 1 aromatic rings. The third-order valence-corrected chi connectivity index (χ3v) is 4.35. The van der Waals surface area contributed by atoms with Crippen LogP contribution in [0.15, 0.2) is 24.3 Å². The zero-order chi connectivity index (χ0) is 13.7. The van der Waals surface area contributed by atoms with Crippen LogP contribution in [0.25, 0.3) is 0 Å². The molecule has 0 unspecified atom stereocenters. The molecule has 0 heterocycles. The summed E-state index contributed by atoms with van der Waals surface area (Å²) >= 11 is 0. The summed E-state index contributed by atoms with van der Waals surface area (Å²) in [6.07, 6.45) is 7.20. The lowest BCUT2D eigenvalue weighted by Crippen LogP contribution is -2.17. The topological polar surface area (TPSA) is 12.0 Å². The van der Waals surface area contributed by atoms with Crippen LogP contribution in [-0.4, -0.2) is 6.54 Å². The van der Waals surface area contributed by atoms with Crippen LogP contribution in [0.2, 0.25) is 0 Å². The van der Waals surface area contributed by atoms with Crippen LogP contribution >= 0.6 is 0 Å².